The van der Waals surface area contributed by atoms with Gasteiger partial charge in [-0.2, -0.15) is 0 Å². The molecule has 2 aromatic rings. The molecule has 4 heteroatoms. The fraction of sp³-hybridized carbons (Fsp3) is 0.312. The van der Waals surface area contributed by atoms with Gasteiger partial charge in [-0.3, -0.25) is 4.79 Å². The van der Waals surface area contributed by atoms with Crippen LogP contribution in [-0.2, 0) is 0 Å². The number of thiophene rings is 1. The number of nitrogens with zero attached hydrogens (tertiary/aromatic N) is 1. The fourth-order valence-electron chi connectivity index (χ4n) is 2.76. The van der Waals surface area contributed by atoms with E-state index in [2.05, 4.69) is 0 Å². The highest BCUT2D eigenvalue weighted by Gasteiger charge is 2.31. The van der Waals surface area contributed by atoms with Crippen molar-refractivity contribution < 1.29 is 9.18 Å². The predicted octanol–water partition coefficient (Wildman–Crippen LogP) is 4.17. The molecule has 0 aliphatic carbocycles. The van der Waals surface area contributed by atoms with Crippen LogP contribution in [0.4, 0.5) is 4.39 Å². The number of carbonyl (C=O) groups is 1. The Morgan fingerprint density at radius 1 is 1.30 bits per heavy atom. The molecule has 0 radical (unpaired) electrons. The Bertz CT molecular complexity index is 620. The zero-order valence-corrected chi connectivity index (χ0v) is 12.1. The smallest absolute Gasteiger partial charge is 0.264 e. The predicted molar refractivity (Wildman–Crippen MR) is 78.5 cm³/mol. The molecule has 0 bridgehead atoms. The average molecular weight is 289 g/mol. The molecule has 0 N–H and O–H groups in total. The van der Waals surface area contributed by atoms with Crippen molar-refractivity contribution in [2.75, 3.05) is 6.54 Å². The lowest BCUT2D eigenvalue weighted by molar-refractivity contribution is 0.0740. The summed E-state index contributed by atoms with van der Waals surface area (Å²) >= 11 is 1.49. The number of aryl methyl sites for hydroxylation is 1. The summed E-state index contributed by atoms with van der Waals surface area (Å²) in [5.74, 6) is -0.136. The highest BCUT2D eigenvalue weighted by Crippen LogP contribution is 2.34. The molecule has 0 saturated carbocycles. The van der Waals surface area contributed by atoms with Gasteiger partial charge in [-0.25, -0.2) is 4.39 Å². The standard InChI is InChI=1S/C16H16FNOS/c1-11-8-10-20-15(11)16(19)18-9-2-3-14(18)12-4-6-13(17)7-5-12/h4-8,10,14H,2-3,9H2,1H3. The molecule has 1 amide bonds. The summed E-state index contributed by atoms with van der Waals surface area (Å²) in [6, 6.07) is 8.55. The van der Waals surface area contributed by atoms with Gasteiger partial charge in [-0.15, -0.1) is 11.3 Å². The molecular weight excluding hydrogens is 273 g/mol. The highest BCUT2D eigenvalue weighted by atomic mass is 32.1. The lowest BCUT2D eigenvalue weighted by atomic mass is 10.0. The second-order valence-electron chi connectivity index (χ2n) is 5.14. The molecule has 1 aromatic heterocycles. The van der Waals surface area contributed by atoms with Crippen LogP contribution in [0.15, 0.2) is 35.7 Å². The molecule has 2 nitrogen and oxygen atoms in total. The van der Waals surface area contributed by atoms with Gasteiger partial charge in [-0.05, 0) is 54.5 Å². The second-order valence-corrected chi connectivity index (χ2v) is 6.06. The van der Waals surface area contributed by atoms with Crippen LogP contribution < -0.4 is 0 Å². The molecule has 2 heterocycles. The molecule has 1 unspecified atom stereocenters. The van der Waals surface area contributed by atoms with Gasteiger partial charge in [0, 0.05) is 6.54 Å². The number of halogens is 1. The maximum atomic E-state index is 13.0. The molecule has 20 heavy (non-hydrogen) atoms. The molecule has 1 aliphatic heterocycles. The number of carbonyl (C=O) groups excluding carboxylic acids is 1. The Morgan fingerprint density at radius 2 is 2.05 bits per heavy atom. The van der Waals surface area contributed by atoms with Gasteiger partial charge in [0.05, 0.1) is 10.9 Å². The lowest BCUT2D eigenvalue weighted by Crippen LogP contribution is -2.30. The zero-order valence-electron chi connectivity index (χ0n) is 11.3. The van der Waals surface area contributed by atoms with E-state index in [1.54, 1.807) is 12.1 Å². The quantitative estimate of drug-likeness (QED) is 0.812. The topological polar surface area (TPSA) is 20.3 Å². The number of hydrogen-bond donors (Lipinski definition) is 0. The van der Waals surface area contributed by atoms with Crippen LogP contribution in [0, 0.1) is 12.7 Å². The van der Waals surface area contributed by atoms with E-state index in [9.17, 15) is 9.18 Å². The molecular formula is C16H16FNOS. The summed E-state index contributed by atoms with van der Waals surface area (Å²) < 4.78 is 13.0. The number of rotatable bonds is 2. The van der Waals surface area contributed by atoms with Crippen LogP contribution in [0.25, 0.3) is 0 Å². The third kappa shape index (κ3) is 2.36. The van der Waals surface area contributed by atoms with E-state index in [0.29, 0.717) is 0 Å². The van der Waals surface area contributed by atoms with Crippen molar-refractivity contribution in [2.45, 2.75) is 25.8 Å². The molecule has 1 aromatic carbocycles. The van der Waals surface area contributed by atoms with Crippen molar-refractivity contribution in [2.24, 2.45) is 0 Å². The first kappa shape index (κ1) is 13.3. The van der Waals surface area contributed by atoms with Gasteiger partial charge in [0.25, 0.3) is 5.91 Å². The van der Waals surface area contributed by atoms with Crippen LogP contribution in [0.5, 0.6) is 0 Å². The van der Waals surface area contributed by atoms with Gasteiger partial charge in [0.1, 0.15) is 5.82 Å². The van der Waals surface area contributed by atoms with Crippen LogP contribution >= 0.6 is 11.3 Å². The maximum absolute atomic E-state index is 13.0. The monoisotopic (exact) mass is 289 g/mol. The van der Waals surface area contributed by atoms with E-state index in [1.807, 2.05) is 23.3 Å². The minimum Gasteiger partial charge on any atom is -0.331 e. The molecule has 104 valence electrons. The Hall–Kier alpha value is -1.68. The first-order valence-electron chi connectivity index (χ1n) is 6.77. The molecule has 1 aliphatic rings. The first-order chi connectivity index (χ1) is 9.66. The fourth-order valence-corrected chi connectivity index (χ4v) is 3.64. The third-order valence-corrected chi connectivity index (χ3v) is 4.83. The summed E-state index contributed by atoms with van der Waals surface area (Å²) in [5.41, 5.74) is 2.05. The number of hydrogen-bond acceptors (Lipinski definition) is 2. The highest BCUT2D eigenvalue weighted by molar-refractivity contribution is 7.12. The van der Waals surface area contributed by atoms with Crippen molar-refractivity contribution in [3.63, 3.8) is 0 Å². The van der Waals surface area contributed by atoms with E-state index >= 15 is 0 Å². The second kappa shape index (κ2) is 5.37. The summed E-state index contributed by atoms with van der Waals surface area (Å²) in [5, 5.41) is 1.95. The van der Waals surface area contributed by atoms with Crippen LogP contribution in [0.3, 0.4) is 0 Å². The van der Waals surface area contributed by atoms with Gasteiger partial charge in [-0.1, -0.05) is 12.1 Å². The van der Waals surface area contributed by atoms with Crippen molar-refractivity contribution in [3.8, 4) is 0 Å². The first-order valence-corrected chi connectivity index (χ1v) is 7.65. The van der Waals surface area contributed by atoms with Gasteiger partial charge >= 0.3 is 0 Å². The maximum Gasteiger partial charge on any atom is 0.264 e. The summed E-state index contributed by atoms with van der Waals surface area (Å²) in [6.45, 7) is 2.74. The number of benzene rings is 1. The van der Waals surface area contributed by atoms with Crippen LogP contribution in [-0.4, -0.2) is 17.4 Å². The van der Waals surface area contributed by atoms with Gasteiger partial charge in [0.15, 0.2) is 0 Å². The molecule has 1 atom stereocenters. The molecule has 0 spiro atoms. The Morgan fingerprint density at radius 3 is 2.70 bits per heavy atom. The summed E-state index contributed by atoms with van der Waals surface area (Å²) in [4.78, 5) is 15.4. The SMILES string of the molecule is Cc1ccsc1C(=O)N1CCCC1c1ccc(F)cc1. The van der Waals surface area contributed by atoms with E-state index in [0.717, 1.165) is 35.4 Å². The Kier molecular flexibility index (Phi) is 3.57. The van der Waals surface area contributed by atoms with E-state index < -0.39 is 0 Å². The lowest BCUT2D eigenvalue weighted by Gasteiger charge is -2.25. The minimum absolute atomic E-state index is 0.0737. The largest absolute Gasteiger partial charge is 0.331 e. The average Bonchev–Trinajstić information content (AvgIpc) is 3.07. The third-order valence-electron chi connectivity index (χ3n) is 3.82. The molecule has 3 rings (SSSR count). The van der Waals surface area contributed by atoms with Gasteiger partial charge < -0.3 is 4.90 Å². The van der Waals surface area contributed by atoms with Crippen molar-refractivity contribution in [1.29, 1.82) is 0 Å². The van der Waals surface area contributed by atoms with Gasteiger partial charge in [0.2, 0.25) is 0 Å². The van der Waals surface area contributed by atoms with Crippen LogP contribution in [0.1, 0.15) is 39.7 Å². The van der Waals surface area contributed by atoms with Crippen molar-refractivity contribution in [1.82, 2.24) is 4.90 Å². The summed E-state index contributed by atoms with van der Waals surface area (Å²) in [7, 11) is 0. The normalized spacial score (nSPS) is 18.5. The minimum atomic E-state index is -0.237. The number of amides is 1. The van der Waals surface area contributed by atoms with E-state index in [1.165, 1.54) is 23.5 Å². The van der Waals surface area contributed by atoms with Crippen molar-refractivity contribution in [3.05, 3.63) is 57.5 Å². The Balaban J connectivity index is 1.87. The summed E-state index contributed by atoms with van der Waals surface area (Å²) in [6.07, 6.45) is 1.94. The number of likely N-dealkylation sites (tertiary alicyclic amines) is 1. The van der Waals surface area contributed by atoms with Crippen LogP contribution in [0.2, 0.25) is 0 Å². The zero-order chi connectivity index (χ0) is 14.1. The van der Waals surface area contributed by atoms with E-state index in [4.69, 9.17) is 0 Å². The molecule has 1 fully saturated rings. The Labute approximate surface area is 121 Å². The van der Waals surface area contributed by atoms with Crippen molar-refractivity contribution >= 4 is 17.2 Å². The molecule has 1 saturated heterocycles. The van der Waals surface area contributed by atoms with E-state index in [-0.39, 0.29) is 17.8 Å².